The molecule has 138 valence electrons. The minimum absolute atomic E-state index is 0.0490. The molecule has 1 aliphatic rings. The van der Waals surface area contributed by atoms with E-state index in [-0.39, 0.29) is 23.5 Å². The van der Waals surface area contributed by atoms with Crippen LogP contribution >= 0.6 is 11.8 Å². The summed E-state index contributed by atoms with van der Waals surface area (Å²) in [5.74, 6) is -0.00650. The Balaban J connectivity index is 1.59. The Labute approximate surface area is 156 Å². The van der Waals surface area contributed by atoms with Crippen molar-refractivity contribution in [3.63, 3.8) is 0 Å². The highest BCUT2D eigenvalue weighted by Gasteiger charge is 2.27. The molecule has 0 aliphatic carbocycles. The lowest BCUT2D eigenvalue weighted by Gasteiger charge is -2.31. The quantitative estimate of drug-likeness (QED) is 0.805. The first-order valence-corrected chi connectivity index (χ1v) is 9.53. The number of hydrogen-bond donors (Lipinski definition) is 1. The van der Waals surface area contributed by atoms with Gasteiger partial charge in [0.2, 0.25) is 17.7 Å². The van der Waals surface area contributed by atoms with Crippen LogP contribution in [-0.2, 0) is 9.59 Å². The maximum absolute atomic E-state index is 12.4. The second-order valence-electron chi connectivity index (χ2n) is 6.62. The first-order valence-electron chi connectivity index (χ1n) is 8.54. The number of nitrogens with zero attached hydrogens (tertiary/aromatic N) is 3. The van der Waals surface area contributed by atoms with E-state index in [2.05, 4.69) is 16.3 Å². The maximum Gasteiger partial charge on any atom is 0.277 e. The Morgan fingerprint density at radius 3 is 2.69 bits per heavy atom. The van der Waals surface area contributed by atoms with Crippen LogP contribution in [0.2, 0.25) is 0 Å². The highest BCUT2D eigenvalue weighted by Crippen LogP contribution is 2.25. The van der Waals surface area contributed by atoms with E-state index in [1.54, 1.807) is 4.90 Å². The molecule has 2 aromatic rings. The van der Waals surface area contributed by atoms with E-state index >= 15 is 0 Å². The number of likely N-dealkylation sites (tertiary alicyclic amines) is 1. The van der Waals surface area contributed by atoms with Gasteiger partial charge in [0.05, 0.1) is 11.7 Å². The lowest BCUT2D eigenvalue weighted by Crippen LogP contribution is -2.44. The molecule has 7 nitrogen and oxygen atoms in total. The van der Waals surface area contributed by atoms with E-state index in [0.29, 0.717) is 24.2 Å². The number of primary amides is 1. The molecule has 0 bridgehead atoms. The van der Waals surface area contributed by atoms with E-state index in [1.807, 2.05) is 26.0 Å². The molecule has 1 fully saturated rings. The molecule has 2 amide bonds. The van der Waals surface area contributed by atoms with E-state index in [1.165, 1.54) is 11.8 Å². The van der Waals surface area contributed by atoms with Gasteiger partial charge in [0.1, 0.15) is 0 Å². The molecule has 1 aromatic heterocycles. The van der Waals surface area contributed by atoms with Crippen LogP contribution in [-0.4, -0.2) is 45.8 Å². The van der Waals surface area contributed by atoms with Gasteiger partial charge in [0.15, 0.2) is 0 Å². The van der Waals surface area contributed by atoms with Crippen molar-refractivity contribution < 1.29 is 14.0 Å². The average molecular weight is 374 g/mol. The van der Waals surface area contributed by atoms with Crippen LogP contribution < -0.4 is 5.73 Å². The van der Waals surface area contributed by atoms with Gasteiger partial charge in [-0.25, -0.2) is 0 Å². The molecule has 26 heavy (non-hydrogen) atoms. The number of carbonyl (C=O) groups excluding carboxylic acids is 2. The van der Waals surface area contributed by atoms with Gasteiger partial charge >= 0.3 is 0 Å². The van der Waals surface area contributed by atoms with Gasteiger partial charge in [-0.15, -0.1) is 10.2 Å². The molecule has 1 aromatic carbocycles. The molecule has 0 radical (unpaired) electrons. The van der Waals surface area contributed by atoms with Gasteiger partial charge in [-0.05, 0) is 38.8 Å². The first-order chi connectivity index (χ1) is 12.4. The monoisotopic (exact) mass is 374 g/mol. The van der Waals surface area contributed by atoms with Crippen molar-refractivity contribution in [1.29, 1.82) is 0 Å². The second-order valence-corrected chi connectivity index (χ2v) is 7.55. The number of rotatable bonds is 5. The molecular formula is C18H22N4O3S. The zero-order chi connectivity index (χ0) is 18.7. The largest absolute Gasteiger partial charge is 0.411 e. The summed E-state index contributed by atoms with van der Waals surface area (Å²) in [5, 5.41) is 8.44. The van der Waals surface area contributed by atoms with Crippen molar-refractivity contribution >= 4 is 23.6 Å². The van der Waals surface area contributed by atoms with Gasteiger partial charge in [0, 0.05) is 18.7 Å². The fourth-order valence-electron chi connectivity index (χ4n) is 3.13. The number of thioether (sulfide) groups is 1. The molecule has 0 saturated carbocycles. The maximum atomic E-state index is 12.4. The predicted octanol–water partition coefficient (Wildman–Crippen LogP) is 2.17. The molecule has 8 heteroatoms. The number of piperidine rings is 1. The number of aromatic nitrogens is 2. The van der Waals surface area contributed by atoms with Gasteiger partial charge in [0.25, 0.3) is 5.22 Å². The van der Waals surface area contributed by atoms with Crippen LogP contribution in [0.5, 0.6) is 0 Å². The minimum atomic E-state index is -0.342. The molecule has 1 atom stereocenters. The van der Waals surface area contributed by atoms with E-state index < -0.39 is 0 Å². The summed E-state index contributed by atoms with van der Waals surface area (Å²) in [6.07, 6.45) is 1.54. The lowest BCUT2D eigenvalue weighted by molar-refractivity contribution is -0.132. The van der Waals surface area contributed by atoms with Gasteiger partial charge < -0.3 is 15.1 Å². The summed E-state index contributed by atoms with van der Waals surface area (Å²) in [7, 11) is 0. The third kappa shape index (κ3) is 4.43. The van der Waals surface area contributed by atoms with Crippen molar-refractivity contribution in [2.75, 3.05) is 18.8 Å². The third-order valence-electron chi connectivity index (χ3n) is 4.37. The highest BCUT2D eigenvalue weighted by atomic mass is 32.2. The van der Waals surface area contributed by atoms with Crippen LogP contribution in [0, 0.1) is 19.8 Å². The number of carbonyl (C=O) groups is 2. The minimum Gasteiger partial charge on any atom is -0.411 e. The summed E-state index contributed by atoms with van der Waals surface area (Å²) < 4.78 is 5.67. The molecule has 0 spiro atoms. The second kappa shape index (κ2) is 7.90. The molecular weight excluding hydrogens is 352 g/mol. The van der Waals surface area contributed by atoms with Crippen LogP contribution in [0.3, 0.4) is 0 Å². The van der Waals surface area contributed by atoms with Crippen molar-refractivity contribution in [3.05, 3.63) is 29.3 Å². The Morgan fingerprint density at radius 2 is 2.00 bits per heavy atom. The van der Waals surface area contributed by atoms with Gasteiger partial charge in [-0.2, -0.15) is 0 Å². The lowest BCUT2D eigenvalue weighted by atomic mass is 9.97. The Bertz CT molecular complexity index is 800. The summed E-state index contributed by atoms with van der Waals surface area (Å²) in [4.78, 5) is 25.4. The van der Waals surface area contributed by atoms with Crippen molar-refractivity contribution in [2.24, 2.45) is 11.7 Å². The van der Waals surface area contributed by atoms with E-state index in [9.17, 15) is 9.59 Å². The van der Waals surface area contributed by atoms with Crippen molar-refractivity contribution in [2.45, 2.75) is 31.9 Å². The van der Waals surface area contributed by atoms with Crippen LogP contribution in [0.4, 0.5) is 0 Å². The van der Waals surface area contributed by atoms with Crippen LogP contribution in [0.25, 0.3) is 11.5 Å². The van der Waals surface area contributed by atoms with Gasteiger partial charge in [-0.1, -0.05) is 29.0 Å². The van der Waals surface area contributed by atoms with Crippen molar-refractivity contribution in [1.82, 2.24) is 15.1 Å². The molecule has 1 aliphatic heterocycles. The summed E-state index contributed by atoms with van der Waals surface area (Å²) in [6, 6.07) is 6.04. The van der Waals surface area contributed by atoms with Gasteiger partial charge in [-0.3, -0.25) is 9.59 Å². The first kappa shape index (κ1) is 18.4. The molecule has 3 rings (SSSR count). The number of aryl methyl sites for hydroxylation is 2. The van der Waals surface area contributed by atoms with E-state index in [4.69, 9.17) is 10.2 Å². The highest BCUT2D eigenvalue weighted by molar-refractivity contribution is 7.99. The Kier molecular flexibility index (Phi) is 5.61. The number of hydrogen-bond acceptors (Lipinski definition) is 6. The SMILES string of the molecule is Cc1cc(C)cc(-c2nnc(SCC(=O)N3CCC[C@H](C(N)=O)C3)o2)c1. The summed E-state index contributed by atoms with van der Waals surface area (Å²) >= 11 is 1.21. The Morgan fingerprint density at radius 1 is 1.27 bits per heavy atom. The average Bonchev–Trinajstić information content (AvgIpc) is 3.08. The van der Waals surface area contributed by atoms with Crippen molar-refractivity contribution in [3.8, 4) is 11.5 Å². The zero-order valence-electron chi connectivity index (χ0n) is 14.9. The third-order valence-corrected chi connectivity index (χ3v) is 5.17. The summed E-state index contributed by atoms with van der Waals surface area (Å²) in [5.41, 5.74) is 8.47. The fraction of sp³-hybridized carbons (Fsp3) is 0.444. The standard InChI is InChI=1S/C18H22N4O3S/c1-11-6-12(2)8-14(7-11)17-20-21-18(25-17)26-10-15(23)22-5-3-4-13(9-22)16(19)24/h6-8,13H,3-5,9-10H2,1-2H3,(H2,19,24)/t13-/m0/s1. The fourth-order valence-corrected chi connectivity index (χ4v) is 3.80. The topological polar surface area (TPSA) is 102 Å². The zero-order valence-corrected chi connectivity index (χ0v) is 15.7. The van der Waals surface area contributed by atoms with Crippen LogP contribution in [0.1, 0.15) is 24.0 Å². The molecule has 2 N–H and O–H groups in total. The smallest absolute Gasteiger partial charge is 0.277 e. The Hall–Kier alpha value is -2.35. The number of nitrogens with two attached hydrogens (primary N) is 1. The summed E-state index contributed by atoms with van der Waals surface area (Å²) in [6.45, 7) is 5.07. The predicted molar refractivity (Wildman–Crippen MR) is 98.4 cm³/mol. The number of benzene rings is 1. The van der Waals surface area contributed by atoms with E-state index in [0.717, 1.165) is 29.5 Å². The number of amides is 2. The van der Waals surface area contributed by atoms with Crippen LogP contribution in [0.15, 0.2) is 27.8 Å². The molecule has 0 unspecified atom stereocenters. The molecule has 1 saturated heterocycles. The normalized spacial score (nSPS) is 17.3. The molecule has 2 heterocycles.